The Morgan fingerprint density at radius 1 is 1.12 bits per heavy atom. The van der Waals surface area contributed by atoms with Gasteiger partial charge in [0.05, 0.1) is 24.8 Å². The van der Waals surface area contributed by atoms with Crippen LogP contribution in [0.15, 0.2) is 60.8 Å². The van der Waals surface area contributed by atoms with Crippen LogP contribution >= 0.6 is 0 Å². The Kier molecular flexibility index (Phi) is 6.98. The van der Waals surface area contributed by atoms with E-state index in [0.717, 1.165) is 23.3 Å². The van der Waals surface area contributed by atoms with Gasteiger partial charge in [0.15, 0.2) is 0 Å². The molecule has 0 saturated carbocycles. The lowest BCUT2D eigenvalue weighted by Crippen LogP contribution is -2.30. The summed E-state index contributed by atoms with van der Waals surface area (Å²) >= 11 is 0. The second-order valence-electron chi connectivity index (χ2n) is 8.25. The molecule has 0 unspecified atom stereocenters. The van der Waals surface area contributed by atoms with E-state index in [1.54, 1.807) is 13.3 Å². The van der Waals surface area contributed by atoms with Crippen LogP contribution in [0.4, 0.5) is 0 Å². The third kappa shape index (κ3) is 5.55. The van der Waals surface area contributed by atoms with Crippen LogP contribution < -0.4 is 10.1 Å². The normalized spacial score (nSPS) is 15.3. The Balaban J connectivity index is 1.35. The van der Waals surface area contributed by atoms with Gasteiger partial charge in [0.25, 0.3) is 5.91 Å². The van der Waals surface area contributed by atoms with Gasteiger partial charge in [-0.05, 0) is 36.6 Å². The molecule has 1 aliphatic rings. The zero-order valence-corrected chi connectivity index (χ0v) is 19.0. The molecule has 0 bridgehead atoms. The zero-order valence-electron chi connectivity index (χ0n) is 19.0. The van der Waals surface area contributed by atoms with Crippen LogP contribution in [-0.4, -0.2) is 46.9 Å². The predicted octanol–water partition coefficient (Wildman–Crippen LogP) is 3.28. The SMILES string of the molecule is COc1cccc(CNC(=O)c2cnc([C@@H]3CCN(C(=O)Cc4ccccc4)C3)nc2C)c1. The highest BCUT2D eigenvalue weighted by Gasteiger charge is 2.29. The van der Waals surface area contributed by atoms with E-state index in [2.05, 4.69) is 15.3 Å². The third-order valence-corrected chi connectivity index (χ3v) is 5.93. The first-order valence-corrected chi connectivity index (χ1v) is 11.1. The van der Waals surface area contributed by atoms with Crippen molar-refractivity contribution in [1.82, 2.24) is 20.2 Å². The number of hydrogen-bond acceptors (Lipinski definition) is 5. The van der Waals surface area contributed by atoms with Crippen molar-refractivity contribution in [3.63, 3.8) is 0 Å². The molecule has 3 aromatic rings. The summed E-state index contributed by atoms with van der Waals surface area (Å²) in [6, 6.07) is 17.3. The van der Waals surface area contributed by atoms with Gasteiger partial charge in [-0.2, -0.15) is 0 Å². The molecule has 2 aromatic carbocycles. The maximum atomic E-state index is 12.7. The molecule has 33 heavy (non-hydrogen) atoms. The number of ether oxygens (including phenoxy) is 1. The molecule has 170 valence electrons. The number of likely N-dealkylation sites (tertiary alicyclic amines) is 1. The summed E-state index contributed by atoms with van der Waals surface area (Å²) in [6.45, 7) is 3.51. The van der Waals surface area contributed by atoms with Gasteiger partial charge in [0.1, 0.15) is 11.6 Å². The van der Waals surface area contributed by atoms with Gasteiger partial charge in [-0.3, -0.25) is 9.59 Å². The maximum Gasteiger partial charge on any atom is 0.254 e. The molecular weight excluding hydrogens is 416 g/mol. The van der Waals surface area contributed by atoms with Gasteiger partial charge in [-0.1, -0.05) is 42.5 Å². The van der Waals surface area contributed by atoms with Crippen molar-refractivity contribution in [1.29, 1.82) is 0 Å². The number of aryl methyl sites for hydroxylation is 1. The topological polar surface area (TPSA) is 84.4 Å². The lowest BCUT2D eigenvalue weighted by Gasteiger charge is -2.16. The van der Waals surface area contributed by atoms with Crippen LogP contribution in [0.2, 0.25) is 0 Å². The number of benzene rings is 2. The number of nitrogens with zero attached hydrogens (tertiary/aromatic N) is 3. The minimum Gasteiger partial charge on any atom is -0.497 e. The van der Waals surface area contributed by atoms with E-state index < -0.39 is 0 Å². The van der Waals surface area contributed by atoms with Crippen molar-refractivity contribution in [3.8, 4) is 5.75 Å². The lowest BCUT2D eigenvalue weighted by atomic mass is 10.1. The molecule has 1 N–H and O–H groups in total. The molecule has 0 radical (unpaired) electrons. The van der Waals surface area contributed by atoms with Crippen LogP contribution in [-0.2, 0) is 17.8 Å². The quantitative estimate of drug-likeness (QED) is 0.605. The highest BCUT2D eigenvalue weighted by molar-refractivity contribution is 5.94. The molecule has 1 aliphatic heterocycles. The zero-order chi connectivity index (χ0) is 23.2. The Morgan fingerprint density at radius 2 is 1.91 bits per heavy atom. The van der Waals surface area contributed by atoms with Gasteiger partial charge in [0.2, 0.25) is 5.91 Å². The fourth-order valence-corrected chi connectivity index (χ4v) is 4.04. The average molecular weight is 445 g/mol. The third-order valence-electron chi connectivity index (χ3n) is 5.93. The number of carbonyl (C=O) groups is 2. The summed E-state index contributed by atoms with van der Waals surface area (Å²) in [4.78, 5) is 36.3. The molecule has 2 heterocycles. The van der Waals surface area contributed by atoms with E-state index in [1.807, 2.05) is 66.4 Å². The second-order valence-corrected chi connectivity index (χ2v) is 8.25. The standard InChI is InChI=1S/C26H28N4O3/c1-18-23(26(32)28-15-20-9-6-10-22(13-20)33-2)16-27-25(29-18)21-11-12-30(17-21)24(31)14-19-7-4-3-5-8-19/h3-10,13,16,21H,11-12,14-15,17H2,1-2H3,(H,28,32)/t21-/m1/s1. The minimum absolute atomic E-state index is 0.0809. The van der Waals surface area contributed by atoms with E-state index in [1.165, 1.54) is 0 Å². The van der Waals surface area contributed by atoms with Crippen LogP contribution in [0.3, 0.4) is 0 Å². The molecule has 1 saturated heterocycles. The van der Waals surface area contributed by atoms with Crippen LogP contribution in [0.5, 0.6) is 5.75 Å². The van der Waals surface area contributed by atoms with Gasteiger partial charge in [0, 0.05) is 31.7 Å². The highest BCUT2D eigenvalue weighted by Crippen LogP contribution is 2.25. The largest absolute Gasteiger partial charge is 0.497 e. The number of carbonyl (C=O) groups excluding carboxylic acids is 2. The van der Waals surface area contributed by atoms with E-state index in [0.29, 0.717) is 43.1 Å². The van der Waals surface area contributed by atoms with Crippen LogP contribution in [0.1, 0.15) is 45.3 Å². The minimum atomic E-state index is -0.215. The first kappa shape index (κ1) is 22.5. The number of aromatic nitrogens is 2. The fraction of sp³-hybridized carbons (Fsp3) is 0.308. The number of nitrogens with one attached hydrogen (secondary N) is 1. The molecule has 1 aromatic heterocycles. The van der Waals surface area contributed by atoms with Crippen molar-refractivity contribution in [2.75, 3.05) is 20.2 Å². The number of hydrogen-bond donors (Lipinski definition) is 1. The summed E-state index contributed by atoms with van der Waals surface area (Å²) in [7, 11) is 1.61. The number of methoxy groups -OCH3 is 1. The van der Waals surface area contributed by atoms with Crippen LogP contribution in [0.25, 0.3) is 0 Å². The van der Waals surface area contributed by atoms with E-state index in [4.69, 9.17) is 4.74 Å². The molecule has 7 heteroatoms. The van der Waals surface area contributed by atoms with Crippen molar-refractivity contribution < 1.29 is 14.3 Å². The predicted molar refractivity (Wildman–Crippen MR) is 125 cm³/mol. The van der Waals surface area contributed by atoms with Crippen molar-refractivity contribution in [2.24, 2.45) is 0 Å². The first-order valence-electron chi connectivity index (χ1n) is 11.1. The molecule has 2 amide bonds. The van der Waals surface area contributed by atoms with Crippen molar-refractivity contribution >= 4 is 11.8 Å². The molecule has 1 fully saturated rings. The number of rotatable bonds is 7. The molecular formula is C26H28N4O3. The molecule has 7 nitrogen and oxygen atoms in total. The van der Waals surface area contributed by atoms with E-state index in [-0.39, 0.29) is 17.7 Å². The van der Waals surface area contributed by atoms with Gasteiger partial charge in [-0.15, -0.1) is 0 Å². The Labute approximate surface area is 193 Å². The monoisotopic (exact) mass is 444 g/mol. The second kappa shape index (κ2) is 10.3. The number of amides is 2. The summed E-state index contributed by atoms with van der Waals surface area (Å²) in [5.74, 6) is 1.42. The molecule has 1 atom stereocenters. The molecule has 4 rings (SSSR count). The van der Waals surface area contributed by atoms with Crippen molar-refractivity contribution in [3.05, 3.63) is 89.0 Å². The Bertz CT molecular complexity index is 1130. The smallest absolute Gasteiger partial charge is 0.254 e. The van der Waals surface area contributed by atoms with E-state index in [9.17, 15) is 9.59 Å². The van der Waals surface area contributed by atoms with E-state index >= 15 is 0 Å². The average Bonchev–Trinajstić information content (AvgIpc) is 3.34. The molecule has 0 aliphatic carbocycles. The van der Waals surface area contributed by atoms with Crippen LogP contribution in [0, 0.1) is 6.92 Å². The summed E-state index contributed by atoms with van der Waals surface area (Å²) < 4.78 is 5.22. The van der Waals surface area contributed by atoms with Gasteiger partial charge < -0.3 is 15.0 Å². The van der Waals surface area contributed by atoms with Gasteiger partial charge >= 0.3 is 0 Å². The van der Waals surface area contributed by atoms with Crippen molar-refractivity contribution in [2.45, 2.75) is 32.2 Å². The summed E-state index contributed by atoms with van der Waals surface area (Å²) in [6.07, 6.45) is 2.81. The highest BCUT2D eigenvalue weighted by atomic mass is 16.5. The maximum absolute atomic E-state index is 12.7. The van der Waals surface area contributed by atoms with Gasteiger partial charge in [-0.25, -0.2) is 9.97 Å². The summed E-state index contributed by atoms with van der Waals surface area (Å²) in [5.41, 5.74) is 3.06. The first-order chi connectivity index (χ1) is 16.0. The molecule has 0 spiro atoms. The fourth-order valence-electron chi connectivity index (χ4n) is 4.04. The lowest BCUT2D eigenvalue weighted by molar-refractivity contribution is -0.129. The summed E-state index contributed by atoms with van der Waals surface area (Å²) in [5, 5.41) is 2.91. The Morgan fingerprint density at radius 3 is 2.67 bits per heavy atom. The Hall–Kier alpha value is -3.74.